The van der Waals surface area contributed by atoms with Crippen molar-refractivity contribution in [3.05, 3.63) is 32.9 Å². The Morgan fingerprint density at radius 3 is 2.79 bits per heavy atom. The van der Waals surface area contributed by atoms with Crippen molar-refractivity contribution in [3.8, 4) is 0 Å². The van der Waals surface area contributed by atoms with Crippen LogP contribution in [0.15, 0.2) is 18.2 Å². The fourth-order valence-electron chi connectivity index (χ4n) is 1.14. The number of aromatic carboxylic acids is 1. The molecular weight excluding hydrogens is 359 g/mol. The largest absolute Gasteiger partial charge is 0.478 e. The quantitative estimate of drug-likeness (QED) is 0.650. The maximum absolute atomic E-state index is 10.9. The lowest BCUT2D eigenvalue weighted by atomic mass is 10.1. The fourth-order valence-corrected chi connectivity index (χ4v) is 1.99. The minimum Gasteiger partial charge on any atom is -0.478 e. The molecule has 0 bridgehead atoms. The van der Waals surface area contributed by atoms with Gasteiger partial charge in [0.2, 0.25) is 0 Å². The number of rotatable bonds is 3. The van der Waals surface area contributed by atoms with Gasteiger partial charge in [0.05, 0.1) is 5.56 Å². The monoisotopic (exact) mass is 368 g/mol. The summed E-state index contributed by atoms with van der Waals surface area (Å²) < 4.78 is 0.773. The zero-order valence-electron chi connectivity index (χ0n) is 7.63. The molecule has 1 aromatic rings. The Bertz CT molecular complexity index is 352. The second-order valence-corrected chi connectivity index (χ2v) is 5.19. The SMILES string of the molecule is CCC(Br)c1ccc(I)c(C(=O)O)c1. The highest BCUT2D eigenvalue weighted by Gasteiger charge is 2.12. The predicted octanol–water partition coefficient (Wildman–Crippen LogP) is 3.84. The summed E-state index contributed by atoms with van der Waals surface area (Å²) in [5.74, 6) is -0.868. The van der Waals surface area contributed by atoms with E-state index in [4.69, 9.17) is 5.11 Å². The number of alkyl halides is 1. The van der Waals surface area contributed by atoms with E-state index < -0.39 is 5.97 Å². The van der Waals surface area contributed by atoms with Gasteiger partial charge in [0, 0.05) is 8.40 Å². The molecule has 0 fully saturated rings. The molecule has 0 aromatic heterocycles. The van der Waals surface area contributed by atoms with Crippen molar-refractivity contribution < 1.29 is 9.90 Å². The van der Waals surface area contributed by atoms with Crippen LogP contribution < -0.4 is 0 Å². The zero-order valence-corrected chi connectivity index (χ0v) is 11.4. The van der Waals surface area contributed by atoms with Crippen molar-refractivity contribution in [2.24, 2.45) is 0 Å². The van der Waals surface area contributed by atoms with Crippen LogP contribution in [-0.2, 0) is 0 Å². The molecule has 0 aliphatic carbocycles. The van der Waals surface area contributed by atoms with Crippen LogP contribution in [0.3, 0.4) is 0 Å². The molecule has 2 nitrogen and oxygen atoms in total. The molecule has 0 saturated heterocycles. The first-order chi connectivity index (χ1) is 6.56. The van der Waals surface area contributed by atoms with Gasteiger partial charge in [-0.3, -0.25) is 0 Å². The van der Waals surface area contributed by atoms with Gasteiger partial charge in [0.15, 0.2) is 0 Å². The number of carboxylic acids is 1. The number of carbonyl (C=O) groups is 1. The molecule has 1 atom stereocenters. The van der Waals surface area contributed by atoms with E-state index >= 15 is 0 Å². The van der Waals surface area contributed by atoms with Gasteiger partial charge in [0.1, 0.15) is 0 Å². The van der Waals surface area contributed by atoms with Crippen LogP contribution in [0, 0.1) is 3.57 Å². The Balaban J connectivity index is 3.12. The van der Waals surface area contributed by atoms with E-state index in [2.05, 4.69) is 22.9 Å². The summed E-state index contributed by atoms with van der Waals surface area (Å²) in [7, 11) is 0. The number of carboxylic acid groups (broad SMARTS) is 1. The molecule has 0 spiro atoms. The van der Waals surface area contributed by atoms with Crippen LogP contribution in [0.4, 0.5) is 0 Å². The summed E-state index contributed by atoms with van der Waals surface area (Å²) >= 11 is 5.53. The van der Waals surface area contributed by atoms with Crippen LogP contribution in [0.5, 0.6) is 0 Å². The van der Waals surface area contributed by atoms with E-state index in [1.54, 1.807) is 6.07 Å². The van der Waals surface area contributed by atoms with Crippen LogP contribution in [0.1, 0.15) is 34.1 Å². The minimum absolute atomic E-state index is 0.234. The van der Waals surface area contributed by atoms with Crippen LogP contribution >= 0.6 is 38.5 Å². The molecular formula is C10H10BrIO2. The Labute approximate surface area is 105 Å². The standard InChI is InChI=1S/C10H10BrIO2/c1-2-8(11)6-3-4-9(12)7(5-6)10(13)14/h3-5,8H,2H2,1H3,(H,13,14). The zero-order chi connectivity index (χ0) is 10.7. The summed E-state index contributed by atoms with van der Waals surface area (Å²) in [6.07, 6.45) is 0.944. The second-order valence-electron chi connectivity index (χ2n) is 2.92. The first-order valence-corrected chi connectivity index (χ1v) is 6.22. The summed E-state index contributed by atoms with van der Waals surface area (Å²) in [6.45, 7) is 2.05. The van der Waals surface area contributed by atoms with E-state index in [1.807, 2.05) is 34.7 Å². The van der Waals surface area contributed by atoms with E-state index in [-0.39, 0.29) is 4.83 Å². The van der Waals surface area contributed by atoms with Crippen LogP contribution in [0.25, 0.3) is 0 Å². The van der Waals surface area contributed by atoms with Crippen molar-refractivity contribution in [3.63, 3.8) is 0 Å². The van der Waals surface area contributed by atoms with Crippen LogP contribution in [-0.4, -0.2) is 11.1 Å². The van der Waals surface area contributed by atoms with Gasteiger partial charge in [0.25, 0.3) is 0 Å². The van der Waals surface area contributed by atoms with Gasteiger partial charge in [-0.25, -0.2) is 4.79 Å². The lowest BCUT2D eigenvalue weighted by Gasteiger charge is -2.08. The summed E-state index contributed by atoms with van der Waals surface area (Å²) in [5.41, 5.74) is 1.39. The maximum Gasteiger partial charge on any atom is 0.336 e. The molecule has 0 radical (unpaired) electrons. The lowest BCUT2D eigenvalue weighted by Crippen LogP contribution is -2.01. The molecule has 0 aliphatic rings. The summed E-state index contributed by atoms with van der Waals surface area (Å²) in [5, 5.41) is 8.92. The van der Waals surface area contributed by atoms with Gasteiger partial charge < -0.3 is 5.11 Å². The average Bonchev–Trinajstić information content (AvgIpc) is 2.17. The third kappa shape index (κ3) is 2.70. The molecule has 1 rings (SSSR count). The van der Waals surface area contributed by atoms with Crippen molar-refractivity contribution in [2.75, 3.05) is 0 Å². The van der Waals surface area contributed by atoms with Crippen molar-refractivity contribution >= 4 is 44.5 Å². The van der Waals surface area contributed by atoms with Crippen molar-refractivity contribution in [1.82, 2.24) is 0 Å². The molecule has 0 amide bonds. The average molecular weight is 369 g/mol. The molecule has 0 aliphatic heterocycles. The molecule has 76 valence electrons. The summed E-state index contributed by atoms with van der Waals surface area (Å²) in [4.78, 5) is 11.1. The lowest BCUT2D eigenvalue weighted by molar-refractivity contribution is 0.0695. The molecule has 14 heavy (non-hydrogen) atoms. The Morgan fingerprint density at radius 2 is 2.29 bits per heavy atom. The summed E-state index contributed by atoms with van der Waals surface area (Å²) in [6, 6.07) is 5.52. The van der Waals surface area contributed by atoms with Gasteiger partial charge in [-0.05, 0) is 46.7 Å². The van der Waals surface area contributed by atoms with Gasteiger partial charge in [-0.15, -0.1) is 0 Å². The maximum atomic E-state index is 10.9. The normalized spacial score (nSPS) is 12.5. The fraction of sp³-hybridized carbons (Fsp3) is 0.300. The van der Waals surface area contributed by atoms with Gasteiger partial charge >= 0.3 is 5.97 Å². The minimum atomic E-state index is -0.868. The van der Waals surface area contributed by atoms with Crippen molar-refractivity contribution in [2.45, 2.75) is 18.2 Å². The molecule has 0 saturated carbocycles. The highest BCUT2D eigenvalue weighted by Crippen LogP contribution is 2.28. The third-order valence-electron chi connectivity index (χ3n) is 1.94. The highest BCUT2D eigenvalue weighted by atomic mass is 127. The number of hydrogen-bond acceptors (Lipinski definition) is 1. The van der Waals surface area contributed by atoms with E-state index in [0.29, 0.717) is 5.56 Å². The van der Waals surface area contributed by atoms with Crippen LogP contribution in [0.2, 0.25) is 0 Å². The second kappa shape index (κ2) is 5.11. The van der Waals surface area contributed by atoms with Gasteiger partial charge in [-0.1, -0.05) is 28.9 Å². The van der Waals surface area contributed by atoms with Crippen molar-refractivity contribution in [1.29, 1.82) is 0 Å². The smallest absolute Gasteiger partial charge is 0.336 e. The van der Waals surface area contributed by atoms with Gasteiger partial charge in [-0.2, -0.15) is 0 Å². The molecule has 1 aromatic carbocycles. The van der Waals surface area contributed by atoms with E-state index in [1.165, 1.54) is 0 Å². The first kappa shape index (κ1) is 12.0. The predicted molar refractivity (Wildman–Crippen MR) is 68.1 cm³/mol. The Kier molecular flexibility index (Phi) is 4.37. The third-order valence-corrected chi connectivity index (χ3v) is 4.06. The number of halogens is 2. The Hall–Kier alpha value is -0.100. The molecule has 0 heterocycles. The van der Waals surface area contributed by atoms with E-state index in [0.717, 1.165) is 15.6 Å². The molecule has 4 heteroatoms. The Morgan fingerprint density at radius 1 is 1.64 bits per heavy atom. The topological polar surface area (TPSA) is 37.3 Å². The number of hydrogen-bond donors (Lipinski definition) is 1. The van der Waals surface area contributed by atoms with E-state index in [9.17, 15) is 4.79 Å². The highest BCUT2D eigenvalue weighted by molar-refractivity contribution is 14.1. The molecule has 1 unspecified atom stereocenters. The first-order valence-electron chi connectivity index (χ1n) is 4.23. The number of benzene rings is 1. The molecule has 1 N–H and O–H groups in total.